The lowest BCUT2D eigenvalue weighted by Gasteiger charge is -2.20. The number of carbonyl (C=O) groups excluding carboxylic acids is 2. The second kappa shape index (κ2) is 5.06. The molecule has 2 aliphatic heterocycles. The molecule has 23 heavy (non-hydrogen) atoms. The average Bonchev–Trinajstić information content (AvgIpc) is 3.08. The van der Waals surface area contributed by atoms with Gasteiger partial charge in [0.1, 0.15) is 0 Å². The van der Waals surface area contributed by atoms with Gasteiger partial charge in [-0.25, -0.2) is 9.88 Å². The van der Waals surface area contributed by atoms with Crippen LogP contribution >= 0.6 is 11.8 Å². The van der Waals surface area contributed by atoms with Gasteiger partial charge in [0, 0.05) is 17.7 Å². The van der Waals surface area contributed by atoms with E-state index in [1.165, 1.54) is 16.7 Å². The summed E-state index contributed by atoms with van der Waals surface area (Å²) in [7, 11) is 0. The Labute approximate surface area is 136 Å². The maximum atomic E-state index is 12.5. The molecule has 0 saturated carbocycles. The average molecular weight is 327 g/mol. The Morgan fingerprint density at radius 2 is 1.83 bits per heavy atom. The third-order valence-electron chi connectivity index (χ3n) is 4.08. The quantitative estimate of drug-likeness (QED) is 0.478. The normalized spacial score (nSPS) is 18.9. The van der Waals surface area contributed by atoms with Gasteiger partial charge in [-0.3, -0.25) is 9.59 Å². The zero-order chi connectivity index (χ0) is 16.1. The second-order valence-electron chi connectivity index (χ2n) is 5.38. The molecule has 0 saturated heterocycles. The Bertz CT molecular complexity index is 817. The third kappa shape index (κ3) is 2.03. The number of fused-ring (bicyclic) bond motifs is 2. The summed E-state index contributed by atoms with van der Waals surface area (Å²) in [6, 6.07) is 6.82. The number of aromatic nitrogens is 2. The standard InChI is InChI=1S/C16H13N3O3S/c1-8-11-7-12(22-13(11)18-16(17-8)23-2)19-14(20)9-5-3-4-6-10(9)15(19)21/h3-6,12H,7H2,1-2H3/t12-/m0/s1. The van der Waals surface area contributed by atoms with Crippen molar-refractivity contribution in [1.82, 2.24) is 14.9 Å². The van der Waals surface area contributed by atoms with Crippen molar-refractivity contribution < 1.29 is 14.3 Å². The van der Waals surface area contributed by atoms with Crippen LogP contribution in [0, 0.1) is 6.92 Å². The molecule has 116 valence electrons. The maximum Gasteiger partial charge on any atom is 0.264 e. The Morgan fingerprint density at radius 1 is 1.17 bits per heavy atom. The van der Waals surface area contributed by atoms with Crippen LogP contribution in [0.2, 0.25) is 0 Å². The van der Waals surface area contributed by atoms with Crippen molar-refractivity contribution in [3.63, 3.8) is 0 Å². The zero-order valence-corrected chi connectivity index (χ0v) is 13.4. The molecule has 2 amide bonds. The fraction of sp³-hybridized carbons (Fsp3) is 0.250. The van der Waals surface area contributed by atoms with Crippen LogP contribution in [0.3, 0.4) is 0 Å². The van der Waals surface area contributed by atoms with Gasteiger partial charge in [0.05, 0.1) is 11.1 Å². The van der Waals surface area contributed by atoms with E-state index in [0.29, 0.717) is 28.6 Å². The number of nitrogens with zero attached hydrogens (tertiary/aromatic N) is 3. The minimum absolute atomic E-state index is 0.320. The lowest BCUT2D eigenvalue weighted by molar-refractivity contribution is 0.0297. The molecule has 0 unspecified atom stereocenters. The van der Waals surface area contributed by atoms with Crippen molar-refractivity contribution in [1.29, 1.82) is 0 Å². The molecule has 0 N–H and O–H groups in total. The minimum Gasteiger partial charge on any atom is -0.452 e. The van der Waals surface area contributed by atoms with Gasteiger partial charge in [0.2, 0.25) is 5.88 Å². The molecule has 0 spiro atoms. The SMILES string of the molecule is CSc1nc(C)c2c(n1)O[C@H](N1C(=O)c3ccccc3C1=O)C2. The van der Waals surface area contributed by atoms with Gasteiger partial charge in [-0.05, 0) is 25.3 Å². The van der Waals surface area contributed by atoms with Crippen molar-refractivity contribution >= 4 is 23.6 Å². The number of hydrogen-bond donors (Lipinski definition) is 0. The monoisotopic (exact) mass is 327 g/mol. The topological polar surface area (TPSA) is 72.4 Å². The molecule has 7 heteroatoms. The van der Waals surface area contributed by atoms with E-state index < -0.39 is 6.23 Å². The van der Waals surface area contributed by atoms with E-state index in [1.807, 2.05) is 13.2 Å². The summed E-state index contributed by atoms with van der Waals surface area (Å²) in [5.74, 6) is -0.179. The van der Waals surface area contributed by atoms with Gasteiger partial charge in [-0.1, -0.05) is 23.9 Å². The van der Waals surface area contributed by atoms with Crippen LogP contribution in [0.4, 0.5) is 0 Å². The third-order valence-corrected chi connectivity index (χ3v) is 4.63. The molecule has 4 rings (SSSR count). The summed E-state index contributed by atoms with van der Waals surface area (Å²) >= 11 is 1.42. The molecule has 6 nitrogen and oxygen atoms in total. The summed E-state index contributed by atoms with van der Waals surface area (Å²) < 4.78 is 5.81. The van der Waals surface area contributed by atoms with Gasteiger partial charge in [-0.15, -0.1) is 0 Å². The molecular weight excluding hydrogens is 314 g/mol. The van der Waals surface area contributed by atoms with Crippen molar-refractivity contribution in [3.05, 3.63) is 46.6 Å². The summed E-state index contributed by atoms with van der Waals surface area (Å²) in [5.41, 5.74) is 2.51. The van der Waals surface area contributed by atoms with E-state index in [1.54, 1.807) is 24.3 Å². The predicted molar refractivity (Wildman–Crippen MR) is 83.6 cm³/mol. The number of imide groups is 1. The van der Waals surface area contributed by atoms with E-state index >= 15 is 0 Å². The van der Waals surface area contributed by atoms with Gasteiger partial charge in [-0.2, -0.15) is 4.98 Å². The molecule has 1 atom stereocenters. The van der Waals surface area contributed by atoms with E-state index in [0.717, 1.165) is 11.3 Å². The Balaban J connectivity index is 1.68. The second-order valence-corrected chi connectivity index (χ2v) is 6.16. The molecule has 0 radical (unpaired) electrons. The van der Waals surface area contributed by atoms with E-state index in [4.69, 9.17) is 4.74 Å². The Morgan fingerprint density at radius 3 is 2.43 bits per heavy atom. The van der Waals surface area contributed by atoms with E-state index in [9.17, 15) is 9.59 Å². The molecule has 1 aromatic carbocycles. The number of benzene rings is 1. The van der Waals surface area contributed by atoms with Gasteiger partial charge in [0.15, 0.2) is 11.4 Å². The molecule has 3 heterocycles. The molecule has 2 aromatic rings. The van der Waals surface area contributed by atoms with Gasteiger partial charge >= 0.3 is 0 Å². The summed E-state index contributed by atoms with van der Waals surface area (Å²) in [5, 5.41) is 0.615. The van der Waals surface area contributed by atoms with Crippen LogP contribution in [-0.4, -0.2) is 39.2 Å². The number of rotatable bonds is 2. The van der Waals surface area contributed by atoms with Crippen LogP contribution in [-0.2, 0) is 6.42 Å². The van der Waals surface area contributed by atoms with Crippen molar-refractivity contribution in [2.75, 3.05) is 6.26 Å². The highest BCUT2D eigenvalue weighted by Gasteiger charge is 2.44. The van der Waals surface area contributed by atoms with Gasteiger partial charge in [0.25, 0.3) is 11.8 Å². The highest BCUT2D eigenvalue weighted by atomic mass is 32.2. The van der Waals surface area contributed by atoms with E-state index in [2.05, 4.69) is 9.97 Å². The largest absolute Gasteiger partial charge is 0.452 e. The lowest BCUT2D eigenvalue weighted by atomic mass is 10.1. The zero-order valence-electron chi connectivity index (χ0n) is 12.6. The predicted octanol–water partition coefficient (Wildman–Crippen LogP) is 2.06. The van der Waals surface area contributed by atoms with Crippen LogP contribution in [0.5, 0.6) is 5.88 Å². The highest BCUT2D eigenvalue weighted by molar-refractivity contribution is 7.98. The number of thioether (sulfide) groups is 1. The number of carbonyl (C=O) groups is 2. The molecule has 0 fully saturated rings. The van der Waals surface area contributed by atoms with Crippen molar-refractivity contribution in [2.24, 2.45) is 0 Å². The first-order valence-electron chi connectivity index (χ1n) is 7.15. The fourth-order valence-electron chi connectivity index (χ4n) is 2.93. The summed E-state index contributed by atoms with van der Waals surface area (Å²) in [4.78, 5) is 35.0. The number of ether oxygens (including phenoxy) is 1. The Kier molecular flexibility index (Phi) is 3.12. The minimum atomic E-state index is -0.664. The number of amides is 2. The first-order valence-corrected chi connectivity index (χ1v) is 8.37. The molecule has 2 aliphatic rings. The smallest absolute Gasteiger partial charge is 0.264 e. The maximum absolute atomic E-state index is 12.5. The highest BCUT2D eigenvalue weighted by Crippen LogP contribution is 2.34. The summed E-state index contributed by atoms with van der Waals surface area (Å²) in [6.07, 6.45) is 1.64. The molecular formula is C16H13N3O3S. The van der Waals surface area contributed by atoms with Crippen molar-refractivity contribution in [3.8, 4) is 5.88 Å². The first-order chi connectivity index (χ1) is 11.1. The first kappa shape index (κ1) is 14.2. The van der Waals surface area contributed by atoms with Crippen LogP contribution in [0.25, 0.3) is 0 Å². The number of aryl methyl sites for hydroxylation is 1. The number of hydrogen-bond acceptors (Lipinski definition) is 6. The van der Waals surface area contributed by atoms with Crippen LogP contribution in [0.1, 0.15) is 32.0 Å². The molecule has 1 aromatic heterocycles. The van der Waals surface area contributed by atoms with Crippen molar-refractivity contribution in [2.45, 2.75) is 24.7 Å². The van der Waals surface area contributed by atoms with Crippen LogP contribution in [0.15, 0.2) is 29.4 Å². The van der Waals surface area contributed by atoms with Crippen LogP contribution < -0.4 is 4.74 Å². The molecule has 0 aliphatic carbocycles. The fourth-order valence-corrected chi connectivity index (χ4v) is 3.33. The molecule has 0 bridgehead atoms. The Hall–Kier alpha value is -2.41. The lowest BCUT2D eigenvalue weighted by Crippen LogP contribution is -2.42. The summed E-state index contributed by atoms with van der Waals surface area (Å²) in [6.45, 7) is 1.88. The van der Waals surface area contributed by atoms with Gasteiger partial charge < -0.3 is 4.74 Å². The van der Waals surface area contributed by atoms with E-state index in [-0.39, 0.29) is 11.8 Å².